The van der Waals surface area contributed by atoms with E-state index in [1.54, 1.807) is 18.2 Å². The fourth-order valence-electron chi connectivity index (χ4n) is 1.87. The molecule has 0 fully saturated rings. The van der Waals surface area contributed by atoms with E-state index in [2.05, 4.69) is 31.3 Å². The maximum atomic E-state index is 12.0. The lowest BCUT2D eigenvalue weighted by molar-refractivity contribution is 0.0945. The van der Waals surface area contributed by atoms with Crippen molar-refractivity contribution in [1.82, 2.24) is 20.1 Å². The molecule has 0 saturated carbocycles. The van der Waals surface area contributed by atoms with Gasteiger partial charge in [-0.1, -0.05) is 6.07 Å². The third-order valence-electron chi connectivity index (χ3n) is 3.03. The molecule has 100 valence electrons. The average molecular weight is 323 g/mol. The van der Waals surface area contributed by atoms with Crippen molar-refractivity contribution >= 4 is 21.8 Å². The number of carbonyl (C=O) groups is 1. The SMILES string of the molecule is Cc1nn(C)c(C)c1CNC(=O)c1cccc(Br)n1. The fraction of sp³-hybridized carbons (Fsp3) is 0.308. The van der Waals surface area contributed by atoms with Crippen molar-refractivity contribution < 1.29 is 4.79 Å². The van der Waals surface area contributed by atoms with Crippen LogP contribution >= 0.6 is 15.9 Å². The number of aryl methyl sites for hydroxylation is 2. The minimum absolute atomic E-state index is 0.191. The van der Waals surface area contributed by atoms with E-state index in [-0.39, 0.29) is 5.91 Å². The van der Waals surface area contributed by atoms with E-state index >= 15 is 0 Å². The summed E-state index contributed by atoms with van der Waals surface area (Å²) in [7, 11) is 1.89. The number of hydrogen-bond donors (Lipinski definition) is 1. The first-order valence-corrected chi connectivity index (χ1v) is 6.68. The Labute approximate surface area is 120 Å². The minimum atomic E-state index is -0.191. The van der Waals surface area contributed by atoms with Crippen molar-refractivity contribution in [2.75, 3.05) is 0 Å². The Kier molecular flexibility index (Phi) is 3.99. The van der Waals surface area contributed by atoms with Gasteiger partial charge in [-0.15, -0.1) is 0 Å². The number of amides is 1. The van der Waals surface area contributed by atoms with Crippen LogP contribution in [-0.4, -0.2) is 20.7 Å². The molecular formula is C13H15BrN4O. The maximum Gasteiger partial charge on any atom is 0.270 e. The summed E-state index contributed by atoms with van der Waals surface area (Å²) in [6.45, 7) is 4.38. The lowest BCUT2D eigenvalue weighted by atomic mass is 10.2. The molecule has 0 aromatic carbocycles. The number of hydrogen-bond acceptors (Lipinski definition) is 3. The molecule has 2 rings (SSSR count). The average Bonchev–Trinajstić information content (AvgIpc) is 2.61. The third-order valence-corrected chi connectivity index (χ3v) is 3.47. The van der Waals surface area contributed by atoms with Crippen molar-refractivity contribution in [3.8, 4) is 0 Å². The largest absolute Gasteiger partial charge is 0.346 e. The second-order valence-electron chi connectivity index (χ2n) is 4.30. The Morgan fingerprint density at radius 3 is 2.74 bits per heavy atom. The normalized spacial score (nSPS) is 10.5. The Morgan fingerprint density at radius 1 is 1.42 bits per heavy atom. The van der Waals surface area contributed by atoms with Crippen molar-refractivity contribution in [2.24, 2.45) is 7.05 Å². The molecule has 0 bridgehead atoms. The van der Waals surface area contributed by atoms with Crippen LogP contribution in [0, 0.1) is 13.8 Å². The Balaban J connectivity index is 2.09. The second-order valence-corrected chi connectivity index (χ2v) is 5.11. The molecule has 0 atom stereocenters. The van der Waals surface area contributed by atoms with E-state index in [9.17, 15) is 4.79 Å². The number of pyridine rings is 1. The van der Waals surface area contributed by atoms with Gasteiger partial charge in [-0.05, 0) is 41.9 Å². The summed E-state index contributed by atoms with van der Waals surface area (Å²) >= 11 is 3.25. The first-order chi connectivity index (χ1) is 8.99. The third kappa shape index (κ3) is 3.01. The Hall–Kier alpha value is -1.69. The Morgan fingerprint density at radius 2 is 2.16 bits per heavy atom. The quantitative estimate of drug-likeness (QED) is 0.880. The molecular weight excluding hydrogens is 308 g/mol. The van der Waals surface area contributed by atoms with Crippen LogP contribution in [0.5, 0.6) is 0 Å². The number of halogens is 1. The molecule has 0 unspecified atom stereocenters. The predicted molar refractivity (Wildman–Crippen MR) is 75.8 cm³/mol. The van der Waals surface area contributed by atoms with E-state index in [1.165, 1.54) is 0 Å². The highest BCUT2D eigenvalue weighted by Crippen LogP contribution is 2.12. The topological polar surface area (TPSA) is 59.8 Å². The number of aromatic nitrogens is 3. The first-order valence-electron chi connectivity index (χ1n) is 5.89. The monoisotopic (exact) mass is 322 g/mol. The summed E-state index contributed by atoms with van der Waals surface area (Å²) in [5.41, 5.74) is 3.43. The summed E-state index contributed by atoms with van der Waals surface area (Å²) in [6.07, 6.45) is 0. The van der Waals surface area contributed by atoms with E-state index in [1.807, 2.05) is 25.6 Å². The molecule has 2 heterocycles. The van der Waals surface area contributed by atoms with Gasteiger partial charge in [0.2, 0.25) is 0 Å². The van der Waals surface area contributed by atoms with Gasteiger partial charge in [-0.2, -0.15) is 5.10 Å². The van der Waals surface area contributed by atoms with Gasteiger partial charge in [-0.25, -0.2) is 4.98 Å². The van der Waals surface area contributed by atoms with Gasteiger partial charge in [-0.3, -0.25) is 9.48 Å². The van der Waals surface area contributed by atoms with Crippen LogP contribution in [0.4, 0.5) is 0 Å². The van der Waals surface area contributed by atoms with Crippen molar-refractivity contribution in [3.05, 3.63) is 45.4 Å². The summed E-state index contributed by atoms with van der Waals surface area (Å²) in [5, 5.41) is 7.18. The molecule has 0 radical (unpaired) electrons. The lowest BCUT2D eigenvalue weighted by Gasteiger charge is -2.05. The van der Waals surface area contributed by atoms with Crippen LogP contribution in [0.15, 0.2) is 22.8 Å². The first kappa shape index (κ1) is 13.7. The highest BCUT2D eigenvalue weighted by molar-refractivity contribution is 9.10. The highest BCUT2D eigenvalue weighted by atomic mass is 79.9. The van der Waals surface area contributed by atoms with E-state index in [0.29, 0.717) is 16.8 Å². The molecule has 0 aliphatic carbocycles. The Bertz CT molecular complexity index is 621. The van der Waals surface area contributed by atoms with Crippen LogP contribution in [0.3, 0.4) is 0 Å². The van der Waals surface area contributed by atoms with Crippen molar-refractivity contribution in [2.45, 2.75) is 20.4 Å². The van der Waals surface area contributed by atoms with Gasteiger partial charge in [0.25, 0.3) is 5.91 Å². The van der Waals surface area contributed by atoms with Gasteiger partial charge in [0, 0.05) is 24.8 Å². The zero-order valence-electron chi connectivity index (χ0n) is 11.1. The summed E-state index contributed by atoms with van der Waals surface area (Å²) in [5.74, 6) is -0.191. The molecule has 1 N–H and O–H groups in total. The molecule has 6 heteroatoms. The van der Waals surface area contributed by atoms with Crippen LogP contribution in [-0.2, 0) is 13.6 Å². The number of carbonyl (C=O) groups excluding carboxylic acids is 1. The molecule has 0 aliphatic rings. The van der Waals surface area contributed by atoms with E-state index in [4.69, 9.17) is 0 Å². The fourth-order valence-corrected chi connectivity index (χ4v) is 2.21. The molecule has 1 amide bonds. The van der Waals surface area contributed by atoms with Gasteiger partial charge in [0.1, 0.15) is 10.3 Å². The maximum absolute atomic E-state index is 12.0. The van der Waals surface area contributed by atoms with Crippen molar-refractivity contribution in [3.63, 3.8) is 0 Å². The minimum Gasteiger partial charge on any atom is -0.346 e. The number of rotatable bonds is 3. The summed E-state index contributed by atoms with van der Waals surface area (Å²) in [6, 6.07) is 5.25. The zero-order valence-corrected chi connectivity index (χ0v) is 12.7. The molecule has 5 nitrogen and oxygen atoms in total. The summed E-state index contributed by atoms with van der Waals surface area (Å²) in [4.78, 5) is 16.1. The van der Waals surface area contributed by atoms with Gasteiger partial charge < -0.3 is 5.32 Å². The van der Waals surface area contributed by atoms with Gasteiger partial charge >= 0.3 is 0 Å². The standard InChI is InChI=1S/C13H15BrN4O/c1-8-10(9(2)18(3)17-8)7-15-13(19)11-5-4-6-12(14)16-11/h4-6H,7H2,1-3H3,(H,15,19). The van der Waals surface area contributed by atoms with Crippen LogP contribution < -0.4 is 5.32 Å². The number of nitrogens with one attached hydrogen (secondary N) is 1. The van der Waals surface area contributed by atoms with Crippen LogP contribution in [0.1, 0.15) is 27.4 Å². The van der Waals surface area contributed by atoms with Crippen LogP contribution in [0.25, 0.3) is 0 Å². The van der Waals surface area contributed by atoms with Gasteiger partial charge in [0.05, 0.1) is 5.69 Å². The van der Waals surface area contributed by atoms with Crippen molar-refractivity contribution in [1.29, 1.82) is 0 Å². The van der Waals surface area contributed by atoms with Gasteiger partial charge in [0.15, 0.2) is 0 Å². The molecule has 2 aromatic heterocycles. The lowest BCUT2D eigenvalue weighted by Crippen LogP contribution is -2.24. The molecule has 0 saturated heterocycles. The second kappa shape index (κ2) is 5.52. The number of nitrogens with zero attached hydrogens (tertiary/aromatic N) is 3. The predicted octanol–water partition coefficient (Wildman–Crippen LogP) is 2.12. The molecule has 0 spiro atoms. The highest BCUT2D eigenvalue weighted by Gasteiger charge is 2.12. The molecule has 0 aliphatic heterocycles. The summed E-state index contributed by atoms with van der Waals surface area (Å²) < 4.78 is 2.46. The van der Waals surface area contributed by atoms with E-state index in [0.717, 1.165) is 17.0 Å². The van der Waals surface area contributed by atoms with E-state index < -0.39 is 0 Å². The molecule has 19 heavy (non-hydrogen) atoms. The smallest absolute Gasteiger partial charge is 0.270 e. The van der Waals surface area contributed by atoms with Crippen LogP contribution in [0.2, 0.25) is 0 Å². The zero-order chi connectivity index (χ0) is 14.0. The molecule has 2 aromatic rings.